The van der Waals surface area contributed by atoms with Crippen molar-refractivity contribution in [2.45, 2.75) is 6.92 Å². The third-order valence-electron chi connectivity index (χ3n) is 2.88. The van der Waals surface area contributed by atoms with Gasteiger partial charge in [0.15, 0.2) is 0 Å². The maximum Gasteiger partial charge on any atom is 0.234 e. The van der Waals surface area contributed by atoms with Gasteiger partial charge >= 0.3 is 0 Å². The first kappa shape index (κ1) is 9.83. The van der Waals surface area contributed by atoms with E-state index < -0.39 is 0 Å². The molecule has 0 radical (unpaired) electrons. The van der Waals surface area contributed by atoms with Gasteiger partial charge < -0.3 is 4.57 Å². The Labute approximate surface area is 96.3 Å². The maximum atomic E-state index is 12.2. The van der Waals surface area contributed by atoms with Crippen LogP contribution in [0.4, 0.5) is 0 Å². The lowest BCUT2D eigenvalue weighted by molar-refractivity contribution is 0.0964. The molecule has 0 amide bonds. The lowest BCUT2D eigenvalue weighted by Gasteiger charge is -2.11. The molecule has 0 unspecified atom stereocenters. The number of fused-ring (bicyclic) bond motifs is 2. The van der Waals surface area contributed by atoms with Gasteiger partial charge in [0.05, 0.1) is 0 Å². The summed E-state index contributed by atoms with van der Waals surface area (Å²) in [5.74, 6) is -0.0262. The molecule has 0 aromatic carbocycles. The molecule has 0 N–H and O–H groups in total. The Morgan fingerprint density at radius 1 is 1.00 bits per heavy atom. The van der Waals surface area contributed by atoms with Crippen molar-refractivity contribution in [2.24, 2.45) is 7.05 Å². The highest BCUT2D eigenvalue weighted by Gasteiger charge is 2.36. The highest BCUT2D eigenvalue weighted by atomic mass is 16.1. The molecule has 0 atom stereocenters. The quantitative estimate of drug-likeness (QED) is 0.552. The maximum absolute atomic E-state index is 12.2. The van der Waals surface area contributed by atoms with E-state index in [4.69, 9.17) is 0 Å². The number of carbonyl (C=O) groups is 2. The number of nitrogens with zero attached hydrogens (tertiary/aromatic N) is 4. The van der Waals surface area contributed by atoms with Crippen molar-refractivity contribution in [3.63, 3.8) is 0 Å². The van der Waals surface area contributed by atoms with Gasteiger partial charge in [0, 0.05) is 19.4 Å². The summed E-state index contributed by atoms with van der Waals surface area (Å²) in [5.41, 5.74) is 0.652. The van der Waals surface area contributed by atoms with E-state index in [1.54, 1.807) is 18.5 Å². The second kappa shape index (κ2) is 3.07. The summed E-state index contributed by atoms with van der Waals surface area (Å²) in [6.45, 7) is 1.74. The van der Waals surface area contributed by atoms with Crippen molar-refractivity contribution in [3.8, 4) is 0 Å². The van der Waals surface area contributed by atoms with Crippen LogP contribution in [-0.4, -0.2) is 31.1 Å². The van der Waals surface area contributed by atoms with Gasteiger partial charge in [-0.2, -0.15) is 0 Å². The number of imidazole rings is 1. The van der Waals surface area contributed by atoms with Crippen molar-refractivity contribution < 1.29 is 9.59 Å². The van der Waals surface area contributed by atoms with E-state index in [9.17, 15) is 9.59 Å². The van der Waals surface area contributed by atoms with E-state index in [0.29, 0.717) is 11.5 Å². The van der Waals surface area contributed by atoms with Crippen LogP contribution in [0.1, 0.15) is 38.2 Å². The van der Waals surface area contributed by atoms with E-state index in [0.717, 1.165) is 0 Å². The Morgan fingerprint density at radius 3 is 2.24 bits per heavy atom. The van der Waals surface area contributed by atoms with E-state index in [-0.39, 0.29) is 28.6 Å². The molecule has 6 heteroatoms. The van der Waals surface area contributed by atoms with Gasteiger partial charge in [0.25, 0.3) is 0 Å². The zero-order valence-electron chi connectivity index (χ0n) is 9.26. The molecule has 0 aliphatic heterocycles. The summed E-state index contributed by atoms with van der Waals surface area (Å²) >= 11 is 0. The molecule has 1 aliphatic rings. The number of hydrogen-bond acceptors (Lipinski definition) is 5. The molecule has 1 aliphatic carbocycles. The second-order valence-electron chi connectivity index (χ2n) is 3.83. The standard InChI is InChI=1S/C11H8N4O2/c1-5-14-8-9(15(5)2)11(17)7-6(10(8)16)12-3-4-13-7/h3-4H,1-2H3. The van der Waals surface area contributed by atoms with Crippen LogP contribution in [0.15, 0.2) is 12.4 Å². The first-order valence-corrected chi connectivity index (χ1v) is 5.05. The first-order valence-electron chi connectivity index (χ1n) is 5.05. The van der Waals surface area contributed by atoms with Crippen LogP contribution in [0.3, 0.4) is 0 Å². The average molecular weight is 228 g/mol. The van der Waals surface area contributed by atoms with Crippen LogP contribution in [0.2, 0.25) is 0 Å². The monoisotopic (exact) mass is 228 g/mol. The molecule has 0 spiro atoms. The highest BCUT2D eigenvalue weighted by Crippen LogP contribution is 2.24. The van der Waals surface area contributed by atoms with E-state index in [1.165, 1.54) is 12.4 Å². The van der Waals surface area contributed by atoms with Crippen LogP contribution in [0, 0.1) is 6.92 Å². The molecule has 2 aromatic heterocycles. The molecule has 0 bridgehead atoms. The predicted molar refractivity (Wildman–Crippen MR) is 56.8 cm³/mol. The third-order valence-corrected chi connectivity index (χ3v) is 2.88. The summed E-state index contributed by atoms with van der Waals surface area (Å²) in [6.07, 6.45) is 2.79. The Bertz CT molecular complexity index is 672. The van der Waals surface area contributed by atoms with Gasteiger partial charge in [0.1, 0.15) is 28.6 Å². The molecule has 6 nitrogen and oxygen atoms in total. The number of aryl methyl sites for hydroxylation is 1. The van der Waals surface area contributed by atoms with E-state index in [2.05, 4.69) is 15.0 Å². The Kier molecular flexibility index (Phi) is 1.77. The predicted octanol–water partition coefficient (Wildman–Crippen LogP) is 0.294. The number of aromatic nitrogens is 4. The van der Waals surface area contributed by atoms with E-state index >= 15 is 0 Å². The fourth-order valence-corrected chi connectivity index (χ4v) is 1.92. The van der Waals surface area contributed by atoms with Crippen LogP contribution >= 0.6 is 0 Å². The van der Waals surface area contributed by atoms with Gasteiger partial charge in [-0.1, -0.05) is 0 Å². The minimum absolute atomic E-state index is 0.0862. The average Bonchev–Trinajstić information content (AvgIpc) is 2.64. The number of carbonyl (C=O) groups excluding carboxylic acids is 2. The van der Waals surface area contributed by atoms with Crippen molar-refractivity contribution in [1.82, 2.24) is 19.5 Å². The minimum Gasteiger partial charge on any atom is -0.328 e. The van der Waals surface area contributed by atoms with Gasteiger partial charge in [-0.15, -0.1) is 0 Å². The molecular formula is C11H8N4O2. The van der Waals surface area contributed by atoms with Crippen LogP contribution < -0.4 is 0 Å². The summed E-state index contributed by atoms with van der Waals surface area (Å²) in [7, 11) is 1.70. The van der Waals surface area contributed by atoms with Crippen molar-refractivity contribution >= 4 is 11.6 Å². The van der Waals surface area contributed by atoms with Gasteiger partial charge in [-0.3, -0.25) is 9.59 Å². The summed E-state index contributed by atoms with van der Waals surface area (Å²) in [6, 6.07) is 0. The largest absolute Gasteiger partial charge is 0.328 e. The molecule has 0 fully saturated rings. The molecular weight excluding hydrogens is 220 g/mol. The lowest BCUT2D eigenvalue weighted by atomic mass is 9.98. The lowest BCUT2D eigenvalue weighted by Crippen LogP contribution is -2.25. The van der Waals surface area contributed by atoms with Crippen LogP contribution in [0.5, 0.6) is 0 Å². The molecule has 17 heavy (non-hydrogen) atoms. The van der Waals surface area contributed by atoms with Crippen LogP contribution in [0.25, 0.3) is 0 Å². The first-order chi connectivity index (χ1) is 8.11. The fourth-order valence-electron chi connectivity index (χ4n) is 1.92. The number of rotatable bonds is 0. The summed E-state index contributed by atoms with van der Waals surface area (Å²) in [5, 5.41) is 0. The molecule has 84 valence electrons. The molecule has 2 aromatic rings. The van der Waals surface area contributed by atoms with Gasteiger partial charge in [0.2, 0.25) is 11.6 Å². The van der Waals surface area contributed by atoms with Gasteiger partial charge in [-0.05, 0) is 6.92 Å². The van der Waals surface area contributed by atoms with Crippen molar-refractivity contribution in [1.29, 1.82) is 0 Å². The second-order valence-corrected chi connectivity index (χ2v) is 3.83. The Balaban J connectivity index is 2.37. The number of hydrogen-bond donors (Lipinski definition) is 0. The van der Waals surface area contributed by atoms with Crippen molar-refractivity contribution in [2.75, 3.05) is 0 Å². The SMILES string of the molecule is Cc1nc2c(n1C)C(=O)c1nccnc1C2=O. The Hall–Kier alpha value is -2.37. The molecule has 0 saturated carbocycles. The van der Waals surface area contributed by atoms with Crippen molar-refractivity contribution in [3.05, 3.63) is 41.0 Å². The molecule has 0 saturated heterocycles. The minimum atomic E-state index is -0.341. The fraction of sp³-hybridized carbons (Fsp3) is 0.182. The topological polar surface area (TPSA) is 77.7 Å². The number of ketones is 2. The summed E-state index contributed by atoms with van der Waals surface area (Å²) < 4.78 is 1.60. The Morgan fingerprint density at radius 2 is 1.59 bits per heavy atom. The zero-order valence-corrected chi connectivity index (χ0v) is 9.26. The van der Waals surface area contributed by atoms with Crippen LogP contribution in [-0.2, 0) is 7.05 Å². The molecule has 3 rings (SSSR count). The normalized spacial score (nSPS) is 13.5. The van der Waals surface area contributed by atoms with Gasteiger partial charge in [-0.25, -0.2) is 15.0 Å². The smallest absolute Gasteiger partial charge is 0.234 e. The third kappa shape index (κ3) is 1.12. The molecule has 2 heterocycles. The summed E-state index contributed by atoms with van der Waals surface area (Å²) in [4.78, 5) is 36.2. The van der Waals surface area contributed by atoms with E-state index in [1.807, 2.05) is 0 Å². The zero-order chi connectivity index (χ0) is 12.2. The highest BCUT2D eigenvalue weighted by molar-refractivity contribution is 6.25.